The summed E-state index contributed by atoms with van der Waals surface area (Å²) in [6, 6.07) is -5.34. The summed E-state index contributed by atoms with van der Waals surface area (Å²) in [6.45, 7) is 0. The Morgan fingerprint density at radius 2 is 1.41 bits per heavy atom. The van der Waals surface area contributed by atoms with Gasteiger partial charge in [-0.2, -0.15) is 0 Å². The van der Waals surface area contributed by atoms with Crippen molar-refractivity contribution in [2.75, 3.05) is 0 Å². The molecular formula is C15H22N4O10. The van der Waals surface area contributed by atoms with Gasteiger partial charge in [0, 0.05) is 12.8 Å². The summed E-state index contributed by atoms with van der Waals surface area (Å²) >= 11 is 0. The Balaban J connectivity index is 4.61. The molecule has 0 spiro atoms. The van der Waals surface area contributed by atoms with E-state index in [-0.39, 0.29) is 19.1 Å². The Hall–Kier alpha value is -3.71. The Labute approximate surface area is 163 Å². The highest BCUT2D eigenvalue weighted by Gasteiger charge is 2.24. The summed E-state index contributed by atoms with van der Waals surface area (Å²) in [5.74, 6) is -5.98. The molecule has 0 heterocycles. The zero-order valence-corrected chi connectivity index (χ0v) is 15.1. The van der Waals surface area contributed by atoms with E-state index in [1.165, 1.54) is 0 Å². The first-order chi connectivity index (χ1) is 13.5. The van der Waals surface area contributed by atoms with Crippen LogP contribution in [0.25, 0.3) is 0 Å². The van der Waals surface area contributed by atoms with Crippen LogP contribution < -0.4 is 21.7 Å². The molecule has 162 valence electrons. The molecule has 0 saturated carbocycles. The highest BCUT2D eigenvalue weighted by molar-refractivity contribution is 5.88. The second kappa shape index (κ2) is 12.6. The van der Waals surface area contributed by atoms with Crippen LogP contribution in [0.4, 0.5) is 4.79 Å². The Kier molecular flexibility index (Phi) is 11.0. The predicted octanol–water partition coefficient (Wildman–Crippen LogP) is -2.60. The summed E-state index contributed by atoms with van der Waals surface area (Å²) < 4.78 is 0. The number of amides is 4. The molecular weight excluding hydrogens is 396 g/mol. The molecule has 4 amide bonds. The lowest BCUT2D eigenvalue weighted by molar-refractivity contribution is -0.143. The van der Waals surface area contributed by atoms with E-state index in [0.717, 1.165) is 0 Å². The van der Waals surface area contributed by atoms with Gasteiger partial charge in [0.1, 0.15) is 18.4 Å². The third kappa shape index (κ3) is 11.6. The molecule has 14 nitrogen and oxygen atoms in total. The molecule has 0 fully saturated rings. The number of carbonyl (C=O) groups excluding carboxylic acids is 4. The molecule has 8 N–H and O–H groups in total. The van der Waals surface area contributed by atoms with Crippen molar-refractivity contribution in [2.24, 2.45) is 5.73 Å². The minimum atomic E-state index is -1.54. The maximum absolute atomic E-state index is 11.8. The first-order valence-electron chi connectivity index (χ1n) is 8.23. The lowest BCUT2D eigenvalue weighted by Gasteiger charge is -2.18. The molecule has 0 aromatic carbocycles. The summed E-state index contributed by atoms with van der Waals surface area (Å²) in [5.41, 5.74) is 4.88. The average molecular weight is 418 g/mol. The van der Waals surface area contributed by atoms with E-state index in [0.29, 0.717) is 0 Å². The molecule has 0 unspecified atom stereocenters. The molecule has 0 aliphatic carbocycles. The summed E-state index contributed by atoms with van der Waals surface area (Å²) in [4.78, 5) is 77.8. The fourth-order valence-electron chi connectivity index (χ4n) is 2.02. The van der Waals surface area contributed by atoms with Crippen LogP contribution in [0.15, 0.2) is 0 Å². The number of primary amides is 1. The van der Waals surface area contributed by atoms with Gasteiger partial charge in [-0.25, -0.2) is 14.4 Å². The van der Waals surface area contributed by atoms with Crippen LogP contribution in [0.5, 0.6) is 0 Å². The third-order valence-corrected chi connectivity index (χ3v) is 3.45. The molecule has 0 aliphatic heterocycles. The number of carboxylic acid groups (broad SMARTS) is 3. The number of rotatable bonds is 14. The van der Waals surface area contributed by atoms with Crippen molar-refractivity contribution >= 4 is 42.0 Å². The molecule has 0 aromatic rings. The molecule has 0 aliphatic rings. The highest BCUT2D eigenvalue weighted by Crippen LogP contribution is 2.01. The molecule has 0 bridgehead atoms. The number of carboxylic acids is 3. The van der Waals surface area contributed by atoms with Crippen molar-refractivity contribution in [3.8, 4) is 0 Å². The average Bonchev–Trinajstić information content (AvgIpc) is 2.60. The molecule has 0 radical (unpaired) electrons. The number of urea groups is 1. The number of carbonyl (C=O) groups is 7. The number of nitrogens with one attached hydrogen (secondary N) is 3. The van der Waals surface area contributed by atoms with E-state index < -0.39 is 73.1 Å². The second-order valence-electron chi connectivity index (χ2n) is 5.85. The van der Waals surface area contributed by atoms with Gasteiger partial charge in [-0.3, -0.25) is 14.4 Å². The van der Waals surface area contributed by atoms with Crippen LogP contribution in [0.1, 0.15) is 32.1 Å². The third-order valence-electron chi connectivity index (χ3n) is 3.45. The van der Waals surface area contributed by atoms with Gasteiger partial charge in [0.2, 0.25) is 11.8 Å². The number of hydrogen-bond donors (Lipinski definition) is 7. The topological polar surface area (TPSA) is 242 Å². The maximum Gasteiger partial charge on any atom is 0.326 e. The van der Waals surface area contributed by atoms with Crippen LogP contribution in [-0.2, 0) is 28.8 Å². The number of hydrogen-bond acceptors (Lipinski definition) is 7. The van der Waals surface area contributed by atoms with Crippen LogP contribution >= 0.6 is 0 Å². The van der Waals surface area contributed by atoms with Gasteiger partial charge in [-0.05, 0) is 12.8 Å². The number of nitrogens with two attached hydrogens (primary N) is 1. The van der Waals surface area contributed by atoms with E-state index in [1.807, 2.05) is 10.6 Å². The van der Waals surface area contributed by atoms with Crippen molar-refractivity contribution in [1.82, 2.24) is 16.0 Å². The lowest BCUT2D eigenvalue weighted by atomic mass is 10.1. The van der Waals surface area contributed by atoms with E-state index in [9.17, 15) is 33.6 Å². The van der Waals surface area contributed by atoms with Gasteiger partial charge in [-0.1, -0.05) is 0 Å². The zero-order chi connectivity index (χ0) is 22.6. The second-order valence-corrected chi connectivity index (χ2v) is 5.85. The Bertz CT molecular complexity index is 665. The van der Waals surface area contributed by atoms with Crippen molar-refractivity contribution in [3.63, 3.8) is 0 Å². The SMILES string of the molecule is NC(=O)C[C@H](NC(=O)CC[C@@H](C=O)NC(=O)N[C@@H](CCC(=O)O)C(=O)O)C(=O)O. The van der Waals surface area contributed by atoms with Crippen molar-refractivity contribution in [1.29, 1.82) is 0 Å². The number of aldehydes is 1. The standard InChI is InChI=1S/C15H22N4O10/c16-10(21)5-9(14(27)28)18-11(22)3-1-7(6-20)17-15(29)19-8(13(25)26)2-4-12(23)24/h6-9H,1-5H2,(H2,16,21)(H,18,22)(H,23,24)(H,25,26)(H,27,28)(H2,17,19,29)/t7-,8-,9-/m0/s1. The van der Waals surface area contributed by atoms with E-state index in [1.54, 1.807) is 0 Å². The lowest BCUT2D eigenvalue weighted by Crippen LogP contribution is -2.50. The summed E-state index contributed by atoms with van der Waals surface area (Å²) in [5, 5.41) is 32.5. The van der Waals surface area contributed by atoms with E-state index in [4.69, 9.17) is 21.1 Å². The summed E-state index contributed by atoms with van der Waals surface area (Å²) in [7, 11) is 0. The van der Waals surface area contributed by atoms with Crippen LogP contribution in [-0.4, -0.2) is 75.5 Å². The van der Waals surface area contributed by atoms with Crippen molar-refractivity contribution < 1.29 is 48.9 Å². The largest absolute Gasteiger partial charge is 0.481 e. The van der Waals surface area contributed by atoms with Gasteiger partial charge in [0.05, 0.1) is 12.5 Å². The van der Waals surface area contributed by atoms with Gasteiger partial charge < -0.3 is 41.8 Å². The maximum atomic E-state index is 11.8. The molecule has 0 saturated heterocycles. The highest BCUT2D eigenvalue weighted by atomic mass is 16.4. The zero-order valence-electron chi connectivity index (χ0n) is 15.1. The van der Waals surface area contributed by atoms with Gasteiger partial charge >= 0.3 is 23.9 Å². The van der Waals surface area contributed by atoms with Gasteiger partial charge in [-0.15, -0.1) is 0 Å². The van der Waals surface area contributed by atoms with Crippen molar-refractivity contribution in [2.45, 2.75) is 50.2 Å². The Morgan fingerprint density at radius 3 is 1.86 bits per heavy atom. The number of aliphatic carboxylic acids is 3. The van der Waals surface area contributed by atoms with E-state index >= 15 is 0 Å². The first kappa shape index (κ1) is 25.3. The van der Waals surface area contributed by atoms with E-state index in [2.05, 4.69) is 5.32 Å². The van der Waals surface area contributed by atoms with Gasteiger partial charge in [0.25, 0.3) is 0 Å². The minimum Gasteiger partial charge on any atom is -0.481 e. The molecule has 0 rings (SSSR count). The van der Waals surface area contributed by atoms with Crippen LogP contribution in [0.2, 0.25) is 0 Å². The quantitative estimate of drug-likeness (QED) is 0.145. The smallest absolute Gasteiger partial charge is 0.326 e. The first-order valence-corrected chi connectivity index (χ1v) is 8.23. The minimum absolute atomic E-state index is 0.251. The molecule has 3 atom stereocenters. The fourth-order valence-corrected chi connectivity index (χ4v) is 2.02. The van der Waals surface area contributed by atoms with Crippen molar-refractivity contribution in [3.05, 3.63) is 0 Å². The molecule has 14 heteroatoms. The van der Waals surface area contributed by atoms with Crippen LogP contribution in [0.3, 0.4) is 0 Å². The predicted molar refractivity (Wildman–Crippen MR) is 92.4 cm³/mol. The Morgan fingerprint density at radius 1 is 0.828 bits per heavy atom. The summed E-state index contributed by atoms with van der Waals surface area (Å²) in [6.07, 6.45) is -1.90. The molecule has 0 aromatic heterocycles. The van der Waals surface area contributed by atoms with Crippen LogP contribution in [0, 0.1) is 0 Å². The molecule has 29 heavy (non-hydrogen) atoms. The monoisotopic (exact) mass is 418 g/mol. The fraction of sp³-hybridized carbons (Fsp3) is 0.533. The van der Waals surface area contributed by atoms with Gasteiger partial charge in [0.15, 0.2) is 0 Å². The normalized spacial score (nSPS) is 13.2.